The minimum Gasteiger partial charge on any atom is -0.414 e. The summed E-state index contributed by atoms with van der Waals surface area (Å²) in [6.45, 7) is 27.5. The van der Waals surface area contributed by atoms with Crippen molar-refractivity contribution >= 4 is 8.32 Å². The van der Waals surface area contributed by atoms with Crippen LogP contribution in [0.3, 0.4) is 0 Å². The Morgan fingerprint density at radius 2 is 1.71 bits per heavy atom. The van der Waals surface area contributed by atoms with Gasteiger partial charge in [0.25, 0.3) is 0 Å². The first-order chi connectivity index (χ1) is 17.4. The molecule has 0 aromatic carbocycles. The third kappa shape index (κ3) is 6.45. The van der Waals surface area contributed by atoms with Crippen LogP contribution in [0, 0.1) is 35.0 Å². The number of rotatable bonds is 8. The zero-order valence-electron chi connectivity index (χ0n) is 26.4. The van der Waals surface area contributed by atoms with E-state index in [4.69, 9.17) is 4.43 Å². The molecule has 0 spiro atoms. The Bertz CT molecular complexity index is 896. The fourth-order valence-electron chi connectivity index (χ4n) is 7.50. The predicted molar refractivity (Wildman–Crippen MR) is 165 cm³/mol. The predicted octanol–water partition coefficient (Wildman–Crippen LogP) is 8.84. The first-order valence-corrected chi connectivity index (χ1v) is 18.5. The van der Waals surface area contributed by atoms with E-state index in [-0.39, 0.29) is 22.5 Å². The molecule has 0 aromatic rings. The lowest BCUT2D eigenvalue weighted by Gasteiger charge is -2.52. The van der Waals surface area contributed by atoms with Crippen LogP contribution in [0.4, 0.5) is 0 Å². The molecule has 3 rings (SSSR count). The number of allylic oxidation sites excluding steroid dienone is 3. The Hall–Kier alpha value is -0.683. The van der Waals surface area contributed by atoms with E-state index < -0.39 is 20.0 Å². The zero-order valence-corrected chi connectivity index (χ0v) is 27.4. The summed E-state index contributed by atoms with van der Waals surface area (Å²) < 4.78 is 6.76. The Balaban J connectivity index is 1.78. The van der Waals surface area contributed by atoms with E-state index in [2.05, 4.69) is 87.2 Å². The maximum atomic E-state index is 12.2. The van der Waals surface area contributed by atoms with E-state index in [1.807, 2.05) is 6.08 Å². The van der Waals surface area contributed by atoms with Crippen molar-refractivity contribution in [1.29, 1.82) is 0 Å². The molecule has 0 heterocycles. The van der Waals surface area contributed by atoms with Crippen LogP contribution in [-0.4, -0.2) is 36.3 Å². The molecule has 3 aliphatic carbocycles. The zero-order chi connectivity index (χ0) is 28.7. The molecule has 3 nitrogen and oxygen atoms in total. The number of fused-ring (bicyclic) bond motifs is 1. The molecular weight excluding hydrogens is 484 g/mol. The van der Waals surface area contributed by atoms with Gasteiger partial charge in [-0.25, -0.2) is 0 Å². The summed E-state index contributed by atoms with van der Waals surface area (Å²) >= 11 is 0. The highest BCUT2D eigenvalue weighted by molar-refractivity contribution is 6.74. The van der Waals surface area contributed by atoms with Crippen molar-refractivity contribution in [3.8, 4) is 0 Å². The van der Waals surface area contributed by atoms with Crippen LogP contribution < -0.4 is 0 Å². The van der Waals surface area contributed by atoms with Crippen molar-refractivity contribution in [2.45, 2.75) is 143 Å². The summed E-state index contributed by atoms with van der Waals surface area (Å²) in [6, 6.07) is 0. The van der Waals surface area contributed by atoms with E-state index >= 15 is 0 Å². The second kappa shape index (κ2) is 11.7. The number of aliphatic hydroxyl groups is 2. The average Bonchev–Trinajstić information content (AvgIpc) is 3.16. The molecule has 218 valence electrons. The van der Waals surface area contributed by atoms with E-state index in [1.165, 1.54) is 0 Å². The van der Waals surface area contributed by atoms with Crippen molar-refractivity contribution < 1.29 is 14.6 Å². The lowest BCUT2D eigenvalue weighted by atomic mass is 9.56. The van der Waals surface area contributed by atoms with Crippen molar-refractivity contribution in [3.05, 3.63) is 36.0 Å². The van der Waals surface area contributed by atoms with Crippen LogP contribution in [0.15, 0.2) is 36.0 Å². The molecule has 0 aromatic heterocycles. The van der Waals surface area contributed by atoms with E-state index in [0.29, 0.717) is 30.1 Å². The topological polar surface area (TPSA) is 49.7 Å². The summed E-state index contributed by atoms with van der Waals surface area (Å²) in [7, 11) is -1.87. The van der Waals surface area contributed by atoms with E-state index in [1.54, 1.807) is 0 Å². The SMILES string of the molecule is C=C1CC[C@H](O[Si](C)(C)C(C)(C)C)C/C1=C/[C@H](O)[C@]1(O)CCC[C@]2(C)[C@@H]([C@H](C)/C=C/[C@H](C)C(C)C)CC[C@@H]21. The van der Waals surface area contributed by atoms with Crippen LogP contribution in [0.5, 0.6) is 0 Å². The lowest BCUT2D eigenvalue weighted by Crippen LogP contribution is -2.56. The fraction of sp³-hybridized carbons (Fsp3) is 0.824. The lowest BCUT2D eigenvalue weighted by molar-refractivity contribution is -0.155. The van der Waals surface area contributed by atoms with Gasteiger partial charge in [0.2, 0.25) is 0 Å². The molecule has 38 heavy (non-hydrogen) atoms. The first kappa shape index (κ1) is 31.8. The van der Waals surface area contributed by atoms with Gasteiger partial charge in [0, 0.05) is 6.10 Å². The minimum absolute atomic E-state index is 0.0505. The Morgan fingerprint density at radius 3 is 2.32 bits per heavy atom. The first-order valence-electron chi connectivity index (χ1n) is 15.6. The van der Waals surface area contributed by atoms with Gasteiger partial charge >= 0.3 is 0 Å². The molecular formula is C34H60O3Si. The molecule has 0 bridgehead atoms. The van der Waals surface area contributed by atoms with Crippen molar-refractivity contribution in [1.82, 2.24) is 0 Å². The van der Waals surface area contributed by atoms with Crippen molar-refractivity contribution in [2.24, 2.45) is 35.0 Å². The molecule has 3 fully saturated rings. The van der Waals surface area contributed by atoms with Gasteiger partial charge in [-0.1, -0.05) is 79.7 Å². The largest absolute Gasteiger partial charge is 0.414 e. The molecule has 0 saturated heterocycles. The van der Waals surface area contributed by atoms with Gasteiger partial charge in [0.05, 0.1) is 5.60 Å². The van der Waals surface area contributed by atoms with Gasteiger partial charge in [-0.3, -0.25) is 0 Å². The van der Waals surface area contributed by atoms with Crippen LogP contribution >= 0.6 is 0 Å². The number of hydrogen-bond donors (Lipinski definition) is 2. The number of hydrogen-bond acceptors (Lipinski definition) is 3. The maximum absolute atomic E-state index is 12.2. The molecule has 0 radical (unpaired) electrons. The third-order valence-corrected chi connectivity index (χ3v) is 16.1. The molecule has 0 unspecified atom stereocenters. The van der Waals surface area contributed by atoms with Crippen LogP contribution in [0.25, 0.3) is 0 Å². The second-order valence-electron chi connectivity index (χ2n) is 15.4. The summed E-state index contributed by atoms with van der Waals surface area (Å²) in [5.74, 6) is 2.37. The minimum atomic E-state index is -1.87. The number of aliphatic hydroxyl groups excluding tert-OH is 1. The molecule has 2 N–H and O–H groups in total. The highest BCUT2D eigenvalue weighted by Gasteiger charge is 2.59. The summed E-state index contributed by atoms with van der Waals surface area (Å²) in [5.41, 5.74) is 1.18. The van der Waals surface area contributed by atoms with Gasteiger partial charge in [-0.05, 0) is 116 Å². The molecule has 8 atom stereocenters. The molecule has 3 saturated carbocycles. The molecule has 4 heteroatoms. The molecule has 3 aliphatic rings. The van der Waals surface area contributed by atoms with Crippen LogP contribution in [-0.2, 0) is 4.43 Å². The quantitative estimate of drug-likeness (QED) is 0.237. The third-order valence-electron chi connectivity index (χ3n) is 11.5. The molecule has 0 amide bonds. The van der Waals surface area contributed by atoms with E-state index in [9.17, 15) is 10.2 Å². The van der Waals surface area contributed by atoms with Gasteiger partial charge in [-0.15, -0.1) is 0 Å². The van der Waals surface area contributed by atoms with Gasteiger partial charge in [0.1, 0.15) is 6.10 Å². The highest BCUT2D eigenvalue weighted by Crippen LogP contribution is 2.61. The fourth-order valence-corrected chi connectivity index (χ4v) is 8.89. The monoisotopic (exact) mass is 544 g/mol. The van der Waals surface area contributed by atoms with Crippen molar-refractivity contribution in [2.75, 3.05) is 0 Å². The molecule has 0 aliphatic heterocycles. The van der Waals surface area contributed by atoms with Crippen LogP contribution in [0.1, 0.15) is 107 Å². The van der Waals surface area contributed by atoms with Crippen LogP contribution in [0.2, 0.25) is 18.1 Å². The van der Waals surface area contributed by atoms with Crippen molar-refractivity contribution in [3.63, 3.8) is 0 Å². The Labute approximate surface area is 236 Å². The summed E-state index contributed by atoms with van der Waals surface area (Å²) in [4.78, 5) is 0. The standard InChI is InChI=1S/C34H60O3Si/c1-23(2)24(3)13-14-26(5)29-17-18-30-33(29,9)19-12-20-34(30,36)31(35)22-27-21-28(16-15-25(27)4)37-38(10,11)32(6,7)8/h13-14,22-24,26,28-31,35-36H,4,12,15-21H2,1-3,5-11H3/b14-13+,27-22-/t24-,26+,28-,29+,30-,31-,33+,34-/m0/s1. The van der Waals surface area contributed by atoms with Gasteiger partial charge < -0.3 is 14.6 Å². The maximum Gasteiger partial charge on any atom is 0.192 e. The average molecular weight is 545 g/mol. The summed E-state index contributed by atoms with van der Waals surface area (Å²) in [5, 5.41) is 24.0. The van der Waals surface area contributed by atoms with Gasteiger partial charge in [0.15, 0.2) is 8.32 Å². The smallest absolute Gasteiger partial charge is 0.192 e. The normalized spacial score (nSPS) is 36.6. The Kier molecular flexibility index (Phi) is 9.77. The Morgan fingerprint density at radius 1 is 1.05 bits per heavy atom. The summed E-state index contributed by atoms with van der Waals surface area (Å²) in [6.07, 6.45) is 13.7. The highest BCUT2D eigenvalue weighted by atomic mass is 28.4. The van der Waals surface area contributed by atoms with E-state index in [0.717, 1.165) is 56.1 Å². The van der Waals surface area contributed by atoms with Gasteiger partial charge in [-0.2, -0.15) is 0 Å². The second-order valence-corrected chi connectivity index (χ2v) is 20.2.